The summed E-state index contributed by atoms with van der Waals surface area (Å²) in [6, 6.07) is 13.3. The molecule has 4 rings (SSSR count). The van der Waals surface area contributed by atoms with E-state index in [0.717, 1.165) is 59.0 Å². The van der Waals surface area contributed by atoms with Gasteiger partial charge in [0, 0.05) is 34.2 Å². The molecule has 1 aliphatic rings. The molecule has 0 aliphatic carbocycles. The first-order chi connectivity index (χ1) is 13.5. The smallest absolute Gasteiger partial charge is 0.231 e. The SMILES string of the molecule is Cc1nn(-c2ccc(Cl)cc2)c(C)c1CC(=O)N1CCCc2c(N)cccc21.Cl. The molecule has 0 atom stereocenters. The number of fused-ring (bicyclic) bond motifs is 1. The number of nitrogens with zero attached hydrogens (tertiary/aromatic N) is 3. The van der Waals surface area contributed by atoms with Crippen LogP contribution in [0.1, 0.15) is 28.9 Å². The highest BCUT2D eigenvalue weighted by molar-refractivity contribution is 6.30. The number of nitrogens with two attached hydrogens (primary N) is 1. The molecule has 5 nitrogen and oxygen atoms in total. The minimum atomic E-state index is 0. The molecule has 3 aromatic rings. The van der Waals surface area contributed by atoms with E-state index in [1.165, 1.54) is 0 Å². The zero-order chi connectivity index (χ0) is 19.8. The van der Waals surface area contributed by atoms with Gasteiger partial charge < -0.3 is 10.6 Å². The highest BCUT2D eigenvalue weighted by Crippen LogP contribution is 2.32. The molecular weight excluding hydrogens is 407 g/mol. The number of anilines is 2. The Balaban J connectivity index is 0.00000240. The van der Waals surface area contributed by atoms with Crippen LogP contribution in [-0.2, 0) is 17.6 Å². The molecule has 0 saturated carbocycles. The number of hydrogen-bond donors (Lipinski definition) is 1. The van der Waals surface area contributed by atoms with Crippen LogP contribution in [-0.4, -0.2) is 22.2 Å². The van der Waals surface area contributed by atoms with E-state index in [2.05, 4.69) is 5.10 Å². The van der Waals surface area contributed by atoms with E-state index in [9.17, 15) is 4.79 Å². The fraction of sp³-hybridized carbons (Fsp3) is 0.273. The van der Waals surface area contributed by atoms with Crippen molar-refractivity contribution in [3.63, 3.8) is 0 Å². The molecule has 0 unspecified atom stereocenters. The number of carbonyl (C=O) groups is 1. The van der Waals surface area contributed by atoms with Gasteiger partial charge >= 0.3 is 0 Å². The quantitative estimate of drug-likeness (QED) is 0.613. The fourth-order valence-electron chi connectivity index (χ4n) is 3.92. The Morgan fingerprint density at radius 1 is 1.17 bits per heavy atom. The van der Waals surface area contributed by atoms with Crippen LogP contribution < -0.4 is 10.6 Å². The molecule has 29 heavy (non-hydrogen) atoms. The van der Waals surface area contributed by atoms with Crippen LogP contribution >= 0.6 is 24.0 Å². The third kappa shape index (κ3) is 3.98. The average molecular weight is 431 g/mol. The van der Waals surface area contributed by atoms with Crippen LogP contribution in [0.4, 0.5) is 11.4 Å². The van der Waals surface area contributed by atoms with Crippen molar-refractivity contribution in [3.05, 3.63) is 70.0 Å². The molecule has 7 heteroatoms. The number of amides is 1. The van der Waals surface area contributed by atoms with Gasteiger partial charge in [-0.1, -0.05) is 17.7 Å². The van der Waals surface area contributed by atoms with Crippen molar-refractivity contribution >= 4 is 41.3 Å². The summed E-state index contributed by atoms with van der Waals surface area (Å²) in [5.74, 6) is 0.0772. The molecule has 0 saturated heterocycles. The summed E-state index contributed by atoms with van der Waals surface area (Å²) in [7, 11) is 0. The first kappa shape index (κ1) is 21.2. The van der Waals surface area contributed by atoms with E-state index < -0.39 is 0 Å². The predicted octanol–water partition coefficient (Wildman–Crippen LogP) is 4.67. The van der Waals surface area contributed by atoms with Gasteiger partial charge in [-0.05, 0) is 68.7 Å². The van der Waals surface area contributed by atoms with Crippen molar-refractivity contribution < 1.29 is 4.79 Å². The normalized spacial score (nSPS) is 13.0. The van der Waals surface area contributed by atoms with E-state index in [0.29, 0.717) is 11.4 Å². The Kier molecular flexibility index (Phi) is 6.20. The number of carbonyl (C=O) groups excluding carboxylic acids is 1. The Morgan fingerprint density at radius 3 is 2.62 bits per heavy atom. The van der Waals surface area contributed by atoms with Gasteiger partial charge in [0.15, 0.2) is 0 Å². The maximum absolute atomic E-state index is 13.2. The summed E-state index contributed by atoms with van der Waals surface area (Å²) in [5, 5.41) is 5.33. The zero-order valence-electron chi connectivity index (χ0n) is 16.5. The number of halogens is 2. The molecule has 2 heterocycles. The van der Waals surface area contributed by atoms with Crippen LogP contribution in [0.2, 0.25) is 5.02 Å². The van der Waals surface area contributed by atoms with Crippen LogP contribution in [0.15, 0.2) is 42.5 Å². The Labute approximate surface area is 181 Å². The zero-order valence-corrected chi connectivity index (χ0v) is 18.1. The summed E-state index contributed by atoms with van der Waals surface area (Å²) in [4.78, 5) is 15.0. The third-order valence-corrected chi connectivity index (χ3v) is 5.68. The largest absolute Gasteiger partial charge is 0.398 e. The van der Waals surface area contributed by atoms with Gasteiger partial charge in [0.05, 0.1) is 17.8 Å². The molecule has 2 N–H and O–H groups in total. The molecule has 0 fully saturated rings. The van der Waals surface area contributed by atoms with Crippen LogP contribution in [0.3, 0.4) is 0 Å². The first-order valence-corrected chi connectivity index (χ1v) is 9.82. The van der Waals surface area contributed by atoms with Gasteiger partial charge in [-0.15, -0.1) is 12.4 Å². The Bertz CT molecular complexity index is 1040. The molecule has 0 spiro atoms. The number of hydrogen-bond acceptors (Lipinski definition) is 3. The second-order valence-corrected chi connectivity index (χ2v) is 7.64. The van der Waals surface area contributed by atoms with E-state index in [4.69, 9.17) is 17.3 Å². The highest BCUT2D eigenvalue weighted by Gasteiger charge is 2.25. The van der Waals surface area contributed by atoms with Crippen molar-refractivity contribution in [1.29, 1.82) is 0 Å². The highest BCUT2D eigenvalue weighted by atomic mass is 35.5. The van der Waals surface area contributed by atoms with Gasteiger partial charge in [0.2, 0.25) is 5.91 Å². The first-order valence-electron chi connectivity index (χ1n) is 9.44. The lowest BCUT2D eigenvalue weighted by Gasteiger charge is -2.30. The van der Waals surface area contributed by atoms with E-state index >= 15 is 0 Å². The summed E-state index contributed by atoms with van der Waals surface area (Å²) >= 11 is 5.99. The number of aromatic nitrogens is 2. The lowest BCUT2D eigenvalue weighted by molar-refractivity contribution is -0.118. The minimum absolute atomic E-state index is 0. The number of nitrogen functional groups attached to an aromatic ring is 1. The second kappa shape index (κ2) is 8.47. The van der Waals surface area contributed by atoms with Gasteiger partial charge in [0.25, 0.3) is 0 Å². The van der Waals surface area contributed by atoms with E-state index in [-0.39, 0.29) is 18.3 Å². The maximum Gasteiger partial charge on any atom is 0.231 e. The van der Waals surface area contributed by atoms with Crippen molar-refractivity contribution in [1.82, 2.24) is 9.78 Å². The standard InChI is InChI=1S/C22H23ClN4O.ClH/c1-14-19(15(2)27(25-14)17-10-8-16(23)9-11-17)13-22(28)26-12-4-5-18-20(24)6-3-7-21(18)26;/h3,6-11H,4-5,12-13,24H2,1-2H3;1H. The van der Waals surface area contributed by atoms with Crippen molar-refractivity contribution in [2.75, 3.05) is 17.2 Å². The molecule has 152 valence electrons. The number of aryl methyl sites for hydroxylation is 1. The molecular formula is C22H24Cl2N4O. The lowest BCUT2D eigenvalue weighted by atomic mass is 9.99. The Morgan fingerprint density at radius 2 is 1.90 bits per heavy atom. The summed E-state index contributed by atoms with van der Waals surface area (Å²) in [6.07, 6.45) is 2.16. The number of benzene rings is 2. The topological polar surface area (TPSA) is 64.2 Å². The molecule has 1 amide bonds. The summed E-state index contributed by atoms with van der Waals surface area (Å²) in [5.41, 5.74) is 12.6. The van der Waals surface area contributed by atoms with Crippen molar-refractivity contribution in [2.24, 2.45) is 0 Å². The van der Waals surface area contributed by atoms with Gasteiger partial charge in [-0.3, -0.25) is 4.79 Å². The minimum Gasteiger partial charge on any atom is -0.398 e. The van der Waals surface area contributed by atoms with Crippen molar-refractivity contribution in [2.45, 2.75) is 33.1 Å². The molecule has 1 aromatic heterocycles. The van der Waals surface area contributed by atoms with E-state index in [1.54, 1.807) is 0 Å². The number of rotatable bonds is 3. The molecule has 2 aromatic carbocycles. The van der Waals surface area contributed by atoms with Crippen LogP contribution in [0.25, 0.3) is 5.69 Å². The predicted molar refractivity (Wildman–Crippen MR) is 121 cm³/mol. The fourth-order valence-corrected chi connectivity index (χ4v) is 4.05. The monoisotopic (exact) mass is 430 g/mol. The van der Waals surface area contributed by atoms with Gasteiger partial charge in [-0.2, -0.15) is 5.10 Å². The second-order valence-electron chi connectivity index (χ2n) is 7.21. The molecule has 1 aliphatic heterocycles. The Hall–Kier alpha value is -2.50. The summed E-state index contributed by atoms with van der Waals surface area (Å²) in [6.45, 7) is 4.67. The molecule has 0 bridgehead atoms. The van der Waals surface area contributed by atoms with Gasteiger partial charge in [-0.25, -0.2) is 4.68 Å². The lowest BCUT2D eigenvalue weighted by Crippen LogP contribution is -2.37. The third-order valence-electron chi connectivity index (χ3n) is 5.43. The van der Waals surface area contributed by atoms with Gasteiger partial charge in [0.1, 0.15) is 0 Å². The molecule has 0 radical (unpaired) electrons. The van der Waals surface area contributed by atoms with Crippen LogP contribution in [0.5, 0.6) is 0 Å². The van der Waals surface area contributed by atoms with Crippen LogP contribution in [0, 0.1) is 13.8 Å². The maximum atomic E-state index is 13.2. The van der Waals surface area contributed by atoms with Crippen molar-refractivity contribution in [3.8, 4) is 5.69 Å². The van der Waals surface area contributed by atoms with E-state index in [1.807, 2.05) is 65.9 Å². The average Bonchev–Trinajstić information content (AvgIpc) is 2.97. The summed E-state index contributed by atoms with van der Waals surface area (Å²) < 4.78 is 1.87.